The highest BCUT2D eigenvalue weighted by Gasteiger charge is 2.29. The molecule has 4 rings (SSSR count). The molecule has 7 heteroatoms. The van der Waals surface area contributed by atoms with Crippen molar-refractivity contribution >= 4 is 5.91 Å². The summed E-state index contributed by atoms with van der Waals surface area (Å²) in [7, 11) is 2.17. The van der Waals surface area contributed by atoms with E-state index in [1.807, 2.05) is 36.9 Å². The minimum Gasteiger partial charge on any atom is -0.483 e. The zero-order chi connectivity index (χ0) is 20.4. The van der Waals surface area contributed by atoms with E-state index in [1.165, 1.54) is 12.8 Å². The number of likely N-dealkylation sites (tertiary alicyclic amines) is 1. The lowest BCUT2D eigenvalue weighted by atomic mass is 10.0. The molecule has 0 aliphatic carbocycles. The molecule has 0 saturated carbocycles. The fraction of sp³-hybridized carbons (Fsp3) is 0.591. The summed E-state index contributed by atoms with van der Waals surface area (Å²) in [5, 5.41) is 8.98. The van der Waals surface area contributed by atoms with Gasteiger partial charge in [-0.2, -0.15) is 0 Å². The third kappa shape index (κ3) is 4.15. The summed E-state index contributed by atoms with van der Waals surface area (Å²) < 4.78 is 8.12. The molecule has 29 heavy (non-hydrogen) atoms. The van der Waals surface area contributed by atoms with Gasteiger partial charge in [-0.1, -0.05) is 24.6 Å². The van der Waals surface area contributed by atoms with Crippen LogP contribution in [0.15, 0.2) is 18.2 Å². The van der Waals surface area contributed by atoms with Gasteiger partial charge in [0.1, 0.15) is 17.4 Å². The second-order valence-corrected chi connectivity index (χ2v) is 8.26. The Morgan fingerprint density at radius 3 is 2.66 bits per heavy atom. The number of nitrogens with zero attached hydrogens (tertiary/aromatic N) is 5. The molecule has 1 fully saturated rings. The standard InChI is InChI=1S/C22H31N5O2/c1-16-7-6-8-17(2)21(16)29-15-20(28)26-12-10-19-23-24-22(27(19)14-13-26)18-9-4-5-11-25(18)3/h6-8,18H,4-5,9-15H2,1-3H3/t18-/m0/s1. The van der Waals surface area contributed by atoms with Gasteiger partial charge in [0.2, 0.25) is 0 Å². The minimum absolute atomic E-state index is 0.0303. The van der Waals surface area contributed by atoms with Gasteiger partial charge in [0.15, 0.2) is 6.61 Å². The van der Waals surface area contributed by atoms with E-state index in [0.29, 0.717) is 19.1 Å². The van der Waals surface area contributed by atoms with Crippen molar-refractivity contribution in [3.63, 3.8) is 0 Å². The molecule has 2 aromatic rings. The van der Waals surface area contributed by atoms with Crippen LogP contribution >= 0.6 is 0 Å². The first-order valence-corrected chi connectivity index (χ1v) is 10.6. The van der Waals surface area contributed by atoms with Gasteiger partial charge >= 0.3 is 0 Å². The topological polar surface area (TPSA) is 63.5 Å². The van der Waals surface area contributed by atoms with Gasteiger partial charge in [-0.15, -0.1) is 10.2 Å². The van der Waals surface area contributed by atoms with Gasteiger partial charge in [-0.3, -0.25) is 9.69 Å². The van der Waals surface area contributed by atoms with Crippen molar-refractivity contribution in [2.24, 2.45) is 0 Å². The molecule has 2 aliphatic heterocycles. The predicted octanol–water partition coefficient (Wildman–Crippen LogP) is 2.52. The highest BCUT2D eigenvalue weighted by atomic mass is 16.5. The van der Waals surface area contributed by atoms with E-state index in [0.717, 1.165) is 54.5 Å². The monoisotopic (exact) mass is 397 g/mol. The summed E-state index contributed by atoms with van der Waals surface area (Å²) in [4.78, 5) is 17.1. The quantitative estimate of drug-likeness (QED) is 0.793. The third-order valence-corrected chi connectivity index (χ3v) is 6.22. The fourth-order valence-electron chi connectivity index (χ4n) is 4.49. The van der Waals surface area contributed by atoms with Gasteiger partial charge < -0.3 is 14.2 Å². The van der Waals surface area contributed by atoms with Crippen LogP contribution in [0.25, 0.3) is 0 Å². The van der Waals surface area contributed by atoms with Crippen LogP contribution in [0, 0.1) is 13.8 Å². The number of hydrogen-bond donors (Lipinski definition) is 0. The zero-order valence-corrected chi connectivity index (χ0v) is 17.7. The molecule has 0 unspecified atom stereocenters. The molecule has 2 aliphatic rings. The Labute approximate surface area is 172 Å². The van der Waals surface area contributed by atoms with E-state index in [4.69, 9.17) is 4.74 Å². The molecule has 3 heterocycles. The molecule has 0 bridgehead atoms. The van der Waals surface area contributed by atoms with Crippen LogP contribution < -0.4 is 4.74 Å². The fourth-order valence-corrected chi connectivity index (χ4v) is 4.49. The molecule has 0 radical (unpaired) electrons. The molecule has 7 nitrogen and oxygen atoms in total. The number of ether oxygens (including phenoxy) is 1. The molecule has 1 amide bonds. The van der Waals surface area contributed by atoms with Crippen molar-refractivity contribution in [3.8, 4) is 5.75 Å². The Kier molecular flexibility index (Phi) is 5.85. The highest BCUT2D eigenvalue weighted by molar-refractivity contribution is 5.78. The van der Waals surface area contributed by atoms with Crippen LogP contribution in [-0.4, -0.2) is 63.8 Å². The molecule has 0 N–H and O–H groups in total. The van der Waals surface area contributed by atoms with E-state index in [-0.39, 0.29) is 12.5 Å². The van der Waals surface area contributed by atoms with Crippen LogP contribution in [0.2, 0.25) is 0 Å². The molecular weight excluding hydrogens is 366 g/mol. The summed E-state index contributed by atoms with van der Waals surface area (Å²) in [6, 6.07) is 6.35. The number of fused-ring (bicyclic) bond motifs is 1. The smallest absolute Gasteiger partial charge is 0.260 e. The largest absolute Gasteiger partial charge is 0.483 e. The molecular formula is C22H31N5O2. The predicted molar refractivity (Wildman–Crippen MR) is 111 cm³/mol. The summed E-state index contributed by atoms with van der Waals surface area (Å²) in [6.45, 7) is 7.27. The summed E-state index contributed by atoms with van der Waals surface area (Å²) in [5.74, 6) is 2.89. The van der Waals surface area contributed by atoms with Crippen LogP contribution in [0.1, 0.15) is 48.1 Å². The van der Waals surface area contributed by atoms with Gasteiger partial charge in [-0.25, -0.2) is 0 Å². The number of rotatable bonds is 4. The second kappa shape index (κ2) is 8.53. The lowest BCUT2D eigenvalue weighted by molar-refractivity contribution is -0.133. The van der Waals surface area contributed by atoms with Crippen LogP contribution in [0.4, 0.5) is 0 Å². The first kappa shape index (κ1) is 19.9. The van der Waals surface area contributed by atoms with Crippen molar-refractivity contribution in [1.82, 2.24) is 24.6 Å². The first-order chi connectivity index (χ1) is 14.0. The molecule has 156 valence electrons. The van der Waals surface area contributed by atoms with Crippen molar-refractivity contribution < 1.29 is 9.53 Å². The SMILES string of the molecule is Cc1cccc(C)c1OCC(=O)N1CCc2nnc([C@@H]3CCCCN3C)n2CC1. The minimum atomic E-state index is 0.0303. The number of benzene rings is 1. The third-order valence-electron chi connectivity index (χ3n) is 6.22. The number of aromatic nitrogens is 3. The Hall–Kier alpha value is -2.41. The van der Waals surface area contributed by atoms with E-state index in [1.54, 1.807) is 0 Å². The summed E-state index contributed by atoms with van der Waals surface area (Å²) >= 11 is 0. The Morgan fingerprint density at radius 1 is 1.10 bits per heavy atom. The number of carbonyl (C=O) groups is 1. The first-order valence-electron chi connectivity index (χ1n) is 10.6. The van der Waals surface area contributed by atoms with Gasteiger partial charge in [0, 0.05) is 26.1 Å². The number of aryl methyl sites for hydroxylation is 2. The van der Waals surface area contributed by atoms with Crippen LogP contribution in [0.5, 0.6) is 5.75 Å². The normalized spacial score (nSPS) is 20.2. The van der Waals surface area contributed by atoms with E-state index in [9.17, 15) is 4.79 Å². The number of piperidine rings is 1. The Balaban J connectivity index is 1.40. The summed E-state index contributed by atoms with van der Waals surface area (Å²) in [5.41, 5.74) is 2.11. The van der Waals surface area contributed by atoms with Crippen molar-refractivity contribution in [2.45, 2.75) is 52.1 Å². The lowest BCUT2D eigenvalue weighted by Crippen LogP contribution is -2.37. The number of hydrogen-bond acceptors (Lipinski definition) is 5. The van der Waals surface area contributed by atoms with Gasteiger partial charge in [0.05, 0.1) is 6.04 Å². The molecule has 1 aromatic carbocycles. The second-order valence-electron chi connectivity index (χ2n) is 8.26. The highest BCUT2D eigenvalue weighted by Crippen LogP contribution is 2.29. The number of para-hydroxylation sites is 1. The molecule has 0 spiro atoms. The van der Waals surface area contributed by atoms with Crippen LogP contribution in [0.3, 0.4) is 0 Å². The maximum absolute atomic E-state index is 12.8. The van der Waals surface area contributed by atoms with Gasteiger partial charge in [-0.05, 0) is 51.4 Å². The van der Waals surface area contributed by atoms with Crippen LogP contribution in [-0.2, 0) is 17.8 Å². The molecule has 1 aromatic heterocycles. The van der Waals surface area contributed by atoms with Crippen molar-refractivity contribution in [1.29, 1.82) is 0 Å². The van der Waals surface area contributed by atoms with E-state index < -0.39 is 0 Å². The van der Waals surface area contributed by atoms with Crippen molar-refractivity contribution in [3.05, 3.63) is 41.0 Å². The summed E-state index contributed by atoms with van der Waals surface area (Å²) in [6.07, 6.45) is 4.34. The maximum Gasteiger partial charge on any atom is 0.260 e. The average Bonchev–Trinajstić information content (AvgIpc) is 2.98. The van der Waals surface area contributed by atoms with E-state index >= 15 is 0 Å². The lowest BCUT2D eigenvalue weighted by Gasteiger charge is -2.32. The Morgan fingerprint density at radius 2 is 1.90 bits per heavy atom. The molecule has 1 atom stereocenters. The zero-order valence-electron chi connectivity index (χ0n) is 17.7. The van der Waals surface area contributed by atoms with E-state index in [2.05, 4.69) is 26.7 Å². The van der Waals surface area contributed by atoms with Crippen molar-refractivity contribution in [2.75, 3.05) is 33.3 Å². The average molecular weight is 398 g/mol. The molecule has 1 saturated heterocycles. The van der Waals surface area contributed by atoms with Gasteiger partial charge in [0.25, 0.3) is 5.91 Å². The number of carbonyl (C=O) groups excluding carboxylic acids is 1. The Bertz CT molecular complexity index is 858. The maximum atomic E-state index is 12.8. The number of amides is 1.